The first-order chi connectivity index (χ1) is 12.2. The van der Waals surface area contributed by atoms with Gasteiger partial charge in [0, 0.05) is 23.5 Å². The Morgan fingerprint density at radius 2 is 1.44 bits per heavy atom. The molecule has 3 aromatic rings. The van der Waals surface area contributed by atoms with E-state index in [1.165, 1.54) is 6.07 Å². The van der Waals surface area contributed by atoms with Gasteiger partial charge >= 0.3 is 0 Å². The van der Waals surface area contributed by atoms with Gasteiger partial charge in [-0.05, 0) is 35.9 Å². The van der Waals surface area contributed by atoms with Crippen molar-refractivity contribution in [2.75, 3.05) is 10.6 Å². The van der Waals surface area contributed by atoms with Crippen LogP contribution in [0.25, 0.3) is 0 Å². The molecule has 126 valence electrons. The third-order valence-corrected chi connectivity index (χ3v) is 3.82. The second-order valence-corrected chi connectivity index (χ2v) is 5.73. The van der Waals surface area contributed by atoms with E-state index in [2.05, 4.69) is 10.6 Å². The van der Waals surface area contributed by atoms with Crippen LogP contribution in [0.3, 0.4) is 0 Å². The Hall–Kier alpha value is -3.14. The van der Waals surface area contributed by atoms with Crippen LogP contribution in [0, 0.1) is 5.82 Å². The molecule has 3 nitrogen and oxygen atoms in total. The molecule has 0 spiro atoms. The quantitative estimate of drug-likeness (QED) is 0.691. The predicted octanol–water partition coefficient (Wildman–Crippen LogP) is 4.62. The Bertz CT molecular complexity index is 832. The number of carbonyl (C=O) groups is 1. The van der Waals surface area contributed by atoms with Crippen LogP contribution in [-0.2, 0) is 17.8 Å². The molecule has 0 heterocycles. The number of benzene rings is 3. The fourth-order valence-corrected chi connectivity index (χ4v) is 2.50. The number of nitrogens with one attached hydrogen (secondary N) is 2. The van der Waals surface area contributed by atoms with Crippen LogP contribution in [0.5, 0.6) is 0 Å². The van der Waals surface area contributed by atoms with Gasteiger partial charge in [-0.15, -0.1) is 0 Å². The van der Waals surface area contributed by atoms with Crippen LogP contribution in [0.2, 0.25) is 0 Å². The number of anilines is 2. The summed E-state index contributed by atoms with van der Waals surface area (Å²) in [6.07, 6.45) is 0.341. The maximum atomic E-state index is 13.6. The Balaban J connectivity index is 1.53. The van der Waals surface area contributed by atoms with Gasteiger partial charge in [-0.25, -0.2) is 4.39 Å². The molecule has 3 rings (SSSR count). The smallest absolute Gasteiger partial charge is 0.228 e. The van der Waals surface area contributed by atoms with Crippen molar-refractivity contribution in [2.24, 2.45) is 0 Å². The summed E-state index contributed by atoms with van der Waals surface area (Å²) in [5.74, 6) is -0.280. The van der Waals surface area contributed by atoms with Crippen molar-refractivity contribution >= 4 is 17.3 Å². The molecule has 0 bridgehead atoms. The summed E-state index contributed by atoms with van der Waals surface area (Å²) in [5.41, 5.74) is 3.19. The fourth-order valence-electron chi connectivity index (χ4n) is 2.50. The Morgan fingerprint density at radius 3 is 2.16 bits per heavy atom. The minimum atomic E-state index is -0.222. The normalized spacial score (nSPS) is 10.3. The fraction of sp³-hybridized carbons (Fsp3) is 0.0952. The molecule has 0 aliphatic carbocycles. The van der Waals surface area contributed by atoms with E-state index in [9.17, 15) is 9.18 Å². The highest BCUT2D eigenvalue weighted by atomic mass is 19.1. The van der Waals surface area contributed by atoms with Gasteiger partial charge in [0.25, 0.3) is 0 Å². The molecule has 0 saturated carbocycles. The zero-order chi connectivity index (χ0) is 17.5. The highest BCUT2D eigenvalue weighted by Crippen LogP contribution is 2.16. The molecular weight excluding hydrogens is 315 g/mol. The molecule has 1 amide bonds. The van der Waals surface area contributed by atoms with E-state index in [0.29, 0.717) is 18.5 Å². The first-order valence-corrected chi connectivity index (χ1v) is 8.12. The summed E-state index contributed by atoms with van der Waals surface area (Å²) in [7, 11) is 0. The maximum absolute atomic E-state index is 13.6. The van der Waals surface area contributed by atoms with Gasteiger partial charge in [0.1, 0.15) is 5.82 Å². The lowest BCUT2D eigenvalue weighted by atomic mass is 10.1. The van der Waals surface area contributed by atoms with Gasteiger partial charge < -0.3 is 10.6 Å². The largest absolute Gasteiger partial charge is 0.381 e. The molecule has 0 fully saturated rings. The zero-order valence-electron chi connectivity index (χ0n) is 13.7. The van der Waals surface area contributed by atoms with E-state index in [1.54, 1.807) is 12.1 Å². The van der Waals surface area contributed by atoms with E-state index < -0.39 is 0 Å². The molecule has 0 radical (unpaired) electrons. The Labute approximate surface area is 146 Å². The number of carbonyl (C=O) groups excluding carboxylic acids is 1. The van der Waals surface area contributed by atoms with Gasteiger partial charge in [0.2, 0.25) is 5.91 Å². The third kappa shape index (κ3) is 4.91. The minimum absolute atomic E-state index is 0.0572. The predicted molar refractivity (Wildman–Crippen MR) is 98.9 cm³/mol. The molecule has 2 N–H and O–H groups in total. The number of rotatable bonds is 6. The number of hydrogen-bond donors (Lipinski definition) is 2. The molecule has 3 aromatic carbocycles. The summed E-state index contributed by atoms with van der Waals surface area (Å²) < 4.78 is 13.6. The van der Waals surface area contributed by atoms with Gasteiger partial charge in [0.05, 0.1) is 6.42 Å². The third-order valence-electron chi connectivity index (χ3n) is 3.82. The Morgan fingerprint density at radius 1 is 0.800 bits per heavy atom. The summed E-state index contributed by atoms with van der Waals surface area (Å²) in [6, 6.07) is 23.7. The second-order valence-electron chi connectivity index (χ2n) is 5.73. The summed E-state index contributed by atoms with van der Waals surface area (Å²) >= 11 is 0. The van der Waals surface area contributed by atoms with Crippen molar-refractivity contribution in [3.05, 3.63) is 95.8 Å². The lowest BCUT2D eigenvalue weighted by Crippen LogP contribution is -2.14. The molecule has 0 aliphatic rings. The minimum Gasteiger partial charge on any atom is -0.381 e. The van der Waals surface area contributed by atoms with Crippen LogP contribution in [0.1, 0.15) is 11.1 Å². The van der Waals surface area contributed by atoms with E-state index in [1.807, 2.05) is 60.7 Å². The molecule has 4 heteroatoms. The maximum Gasteiger partial charge on any atom is 0.228 e. The summed E-state index contributed by atoms with van der Waals surface area (Å²) in [6.45, 7) is 0.409. The highest BCUT2D eigenvalue weighted by molar-refractivity contribution is 5.92. The lowest BCUT2D eigenvalue weighted by molar-refractivity contribution is -0.115. The van der Waals surface area contributed by atoms with Gasteiger partial charge in [-0.1, -0.05) is 48.5 Å². The van der Waals surface area contributed by atoms with E-state index in [-0.39, 0.29) is 11.7 Å². The first-order valence-electron chi connectivity index (χ1n) is 8.12. The van der Waals surface area contributed by atoms with E-state index in [4.69, 9.17) is 0 Å². The number of amides is 1. The SMILES string of the molecule is O=C(Cc1ccccc1)Nc1ccc(NCc2ccccc2F)cc1. The lowest BCUT2D eigenvalue weighted by Gasteiger charge is -2.09. The Kier molecular flexibility index (Phi) is 5.42. The number of halogens is 1. The molecule has 0 atom stereocenters. The van der Waals surface area contributed by atoms with Crippen LogP contribution >= 0.6 is 0 Å². The summed E-state index contributed by atoms with van der Waals surface area (Å²) in [5, 5.41) is 6.04. The molecule has 0 aliphatic heterocycles. The van der Waals surface area contributed by atoms with Gasteiger partial charge in [-0.3, -0.25) is 4.79 Å². The van der Waals surface area contributed by atoms with Crippen LogP contribution in [-0.4, -0.2) is 5.91 Å². The van der Waals surface area contributed by atoms with Crippen LogP contribution < -0.4 is 10.6 Å². The average Bonchev–Trinajstić information content (AvgIpc) is 2.63. The average molecular weight is 334 g/mol. The van der Waals surface area contributed by atoms with E-state index in [0.717, 1.165) is 16.9 Å². The highest BCUT2D eigenvalue weighted by Gasteiger charge is 2.04. The summed E-state index contributed by atoms with van der Waals surface area (Å²) in [4.78, 5) is 12.0. The van der Waals surface area contributed by atoms with Crippen molar-refractivity contribution < 1.29 is 9.18 Å². The van der Waals surface area contributed by atoms with Crippen molar-refractivity contribution in [1.29, 1.82) is 0 Å². The van der Waals surface area contributed by atoms with Gasteiger partial charge in [-0.2, -0.15) is 0 Å². The topological polar surface area (TPSA) is 41.1 Å². The van der Waals surface area contributed by atoms with Crippen LogP contribution in [0.15, 0.2) is 78.9 Å². The molecule has 0 saturated heterocycles. The van der Waals surface area contributed by atoms with Crippen molar-refractivity contribution in [3.63, 3.8) is 0 Å². The standard InChI is InChI=1S/C21H19FN2O/c22-20-9-5-4-8-17(20)15-23-18-10-12-19(13-11-18)24-21(25)14-16-6-2-1-3-7-16/h1-13,23H,14-15H2,(H,24,25). The molecule has 0 aromatic heterocycles. The van der Waals surface area contributed by atoms with Crippen LogP contribution in [0.4, 0.5) is 15.8 Å². The molecule has 0 unspecified atom stereocenters. The molecular formula is C21H19FN2O. The zero-order valence-corrected chi connectivity index (χ0v) is 13.7. The monoisotopic (exact) mass is 334 g/mol. The molecule has 25 heavy (non-hydrogen) atoms. The van der Waals surface area contributed by atoms with Gasteiger partial charge in [0.15, 0.2) is 0 Å². The first kappa shape index (κ1) is 16.7. The van der Waals surface area contributed by atoms with Crippen molar-refractivity contribution in [1.82, 2.24) is 0 Å². The van der Waals surface area contributed by atoms with Crippen molar-refractivity contribution in [3.8, 4) is 0 Å². The number of hydrogen-bond acceptors (Lipinski definition) is 2. The second kappa shape index (κ2) is 8.11. The van der Waals surface area contributed by atoms with Crippen molar-refractivity contribution in [2.45, 2.75) is 13.0 Å². The van der Waals surface area contributed by atoms with E-state index >= 15 is 0 Å².